The number of amides is 1. The zero-order valence-electron chi connectivity index (χ0n) is 7.88. The van der Waals surface area contributed by atoms with Crippen molar-refractivity contribution in [1.82, 2.24) is 9.78 Å². The number of aromatic nitrogens is 2. The van der Waals surface area contributed by atoms with Crippen LogP contribution in [0.15, 0.2) is 12.3 Å². The molecule has 2 rings (SSSR count). The van der Waals surface area contributed by atoms with Crippen LogP contribution in [-0.2, 0) is 11.8 Å². The first kappa shape index (κ1) is 9.01. The highest BCUT2D eigenvalue weighted by Crippen LogP contribution is 2.19. The van der Waals surface area contributed by atoms with Crippen LogP contribution in [0.1, 0.15) is 0 Å². The van der Waals surface area contributed by atoms with Gasteiger partial charge in [0.2, 0.25) is 0 Å². The Kier molecular flexibility index (Phi) is 2.12. The zero-order chi connectivity index (χ0) is 10.1. The van der Waals surface area contributed by atoms with Crippen molar-refractivity contribution < 1.29 is 9.53 Å². The van der Waals surface area contributed by atoms with Crippen molar-refractivity contribution >= 4 is 11.9 Å². The van der Waals surface area contributed by atoms with Gasteiger partial charge in [-0.1, -0.05) is 0 Å². The Bertz CT molecular complexity index is 349. The predicted octanol–water partition coefficient (Wildman–Crippen LogP) is -0.296. The minimum atomic E-state index is -0.357. The number of cyclic esters (lactones) is 1. The Morgan fingerprint density at radius 3 is 3.07 bits per heavy atom. The van der Waals surface area contributed by atoms with E-state index in [2.05, 4.69) is 5.10 Å². The van der Waals surface area contributed by atoms with Crippen molar-refractivity contribution in [1.29, 1.82) is 0 Å². The van der Waals surface area contributed by atoms with Crippen molar-refractivity contribution in [2.45, 2.75) is 6.10 Å². The molecule has 1 aromatic rings. The number of carbonyl (C=O) groups is 1. The highest BCUT2D eigenvalue weighted by atomic mass is 16.6. The van der Waals surface area contributed by atoms with Gasteiger partial charge >= 0.3 is 6.09 Å². The lowest BCUT2D eigenvalue weighted by Gasteiger charge is -2.11. The van der Waals surface area contributed by atoms with Gasteiger partial charge in [0.15, 0.2) is 0 Å². The smallest absolute Gasteiger partial charge is 0.415 e. The van der Waals surface area contributed by atoms with Crippen LogP contribution >= 0.6 is 0 Å². The van der Waals surface area contributed by atoms with Gasteiger partial charge in [-0.3, -0.25) is 9.58 Å². The SMILES string of the molecule is Cn1nccc1N1C[C@H](CN)OC1=O. The van der Waals surface area contributed by atoms with E-state index in [0.29, 0.717) is 13.1 Å². The summed E-state index contributed by atoms with van der Waals surface area (Å²) in [6.07, 6.45) is 1.07. The predicted molar refractivity (Wildman–Crippen MR) is 49.9 cm³/mol. The Morgan fingerprint density at radius 1 is 1.79 bits per heavy atom. The number of nitrogens with zero attached hydrogens (tertiary/aromatic N) is 3. The molecule has 0 unspecified atom stereocenters. The second-order valence-electron chi connectivity index (χ2n) is 3.17. The first-order valence-electron chi connectivity index (χ1n) is 4.38. The number of rotatable bonds is 2. The molecule has 0 saturated carbocycles. The van der Waals surface area contributed by atoms with Crippen LogP contribution in [0.3, 0.4) is 0 Å². The number of carbonyl (C=O) groups excluding carboxylic acids is 1. The summed E-state index contributed by atoms with van der Waals surface area (Å²) in [5.74, 6) is 0.728. The number of hydrogen-bond acceptors (Lipinski definition) is 4. The molecule has 1 aliphatic heterocycles. The quantitative estimate of drug-likeness (QED) is 0.705. The monoisotopic (exact) mass is 196 g/mol. The molecule has 6 nitrogen and oxygen atoms in total. The van der Waals surface area contributed by atoms with E-state index in [-0.39, 0.29) is 12.2 Å². The normalized spacial score (nSPS) is 21.4. The highest BCUT2D eigenvalue weighted by Gasteiger charge is 2.32. The molecule has 1 fully saturated rings. The van der Waals surface area contributed by atoms with E-state index in [0.717, 1.165) is 5.82 Å². The molecule has 76 valence electrons. The van der Waals surface area contributed by atoms with Crippen molar-refractivity contribution in [2.75, 3.05) is 18.0 Å². The van der Waals surface area contributed by atoms with Gasteiger partial charge in [0.05, 0.1) is 12.7 Å². The summed E-state index contributed by atoms with van der Waals surface area (Å²) in [6, 6.07) is 1.76. The van der Waals surface area contributed by atoms with Crippen molar-refractivity contribution in [3.05, 3.63) is 12.3 Å². The number of nitrogens with two attached hydrogens (primary N) is 1. The lowest BCUT2D eigenvalue weighted by molar-refractivity contribution is 0.145. The molecule has 0 aromatic carbocycles. The molecule has 1 atom stereocenters. The Labute approximate surface area is 81.2 Å². The fourth-order valence-corrected chi connectivity index (χ4v) is 1.46. The second-order valence-corrected chi connectivity index (χ2v) is 3.17. The van der Waals surface area contributed by atoms with Crippen molar-refractivity contribution in [3.8, 4) is 0 Å². The van der Waals surface area contributed by atoms with Gasteiger partial charge in [-0.2, -0.15) is 5.10 Å². The highest BCUT2D eigenvalue weighted by molar-refractivity contribution is 5.88. The van der Waals surface area contributed by atoms with Crippen LogP contribution < -0.4 is 10.6 Å². The van der Waals surface area contributed by atoms with Crippen LogP contribution in [0.2, 0.25) is 0 Å². The molecule has 0 radical (unpaired) electrons. The van der Waals surface area contributed by atoms with E-state index < -0.39 is 0 Å². The molecular formula is C8H12N4O2. The van der Waals surface area contributed by atoms with Gasteiger partial charge < -0.3 is 10.5 Å². The van der Waals surface area contributed by atoms with Gasteiger partial charge in [0.1, 0.15) is 11.9 Å². The summed E-state index contributed by atoms with van der Waals surface area (Å²) in [4.78, 5) is 12.9. The summed E-state index contributed by atoms with van der Waals surface area (Å²) in [5, 5.41) is 3.98. The summed E-state index contributed by atoms with van der Waals surface area (Å²) >= 11 is 0. The fourth-order valence-electron chi connectivity index (χ4n) is 1.46. The first-order chi connectivity index (χ1) is 6.72. The molecule has 1 amide bonds. The number of hydrogen-bond donors (Lipinski definition) is 1. The van der Waals surface area contributed by atoms with Crippen LogP contribution in [0.4, 0.5) is 10.6 Å². The molecule has 1 saturated heterocycles. The maximum absolute atomic E-state index is 11.4. The van der Waals surface area contributed by atoms with E-state index in [9.17, 15) is 4.79 Å². The summed E-state index contributed by atoms with van der Waals surface area (Å²) < 4.78 is 6.65. The maximum Gasteiger partial charge on any atom is 0.415 e. The Balaban J connectivity index is 2.20. The van der Waals surface area contributed by atoms with Crippen molar-refractivity contribution in [2.24, 2.45) is 12.8 Å². The first-order valence-corrected chi connectivity index (χ1v) is 4.38. The molecular weight excluding hydrogens is 184 g/mol. The largest absolute Gasteiger partial charge is 0.443 e. The van der Waals surface area contributed by atoms with Gasteiger partial charge in [-0.15, -0.1) is 0 Å². The number of aryl methyl sites for hydroxylation is 1. The molecule has 0 bridgehead atoms. The van der Waals surface area contributed by atoms with Gasteiger partial charge in [0, 0.05) is 19.7 Å². The third-order valence-corrected chi connectivity index (χ3v) is 2.21. The van der Waals surface area contributed by atoms with E-state index >= 15 is 0 Å². The molecule has 1 aromatic heterocycles. The van der Waals surface area contributed by atoms with E-state index in [1.165, 1.54) is 4.90 Å². The fraction of sp³-hybridized carbons (Fsp3) is 0.500. The summed E-state index contributed by atoms with van der Waals surface area (Å²) in [6.45, 7) is 0.842. The molecule has 2 N–H and O–H groups in total. The minimum Gasteiger partial charge on any atom is -0.443 e. The summed E-state index contributed by atoms with van der Waals surface area (Å²) in [7, 11) is 1.78. The van der Waals surface area contributed by atoms with Crippen molar-refractivity contribution in [3.63, 3.8) is 0 Å². The summed E-state index contributed by atoms with van der Waals surface area (Å²) in [5.41, 5.74) is 5.42. The van der Waals surface area contributed by atoms with E-state index in [4.69, 9.17) is 10.5 Å². The average molecular weight is 196 g/mol. The third kappa shape index (κ3) is 1.33. The van der Waals surface area contributed by atoms with Crippen LogP contribution in [-0.4, -0.2) is 35.1 Å². The maximum atomic E-state index is 11.4. The lowest BCUT2D eigenvalue weighted by Crippen LogP contribution is -2.28. The molecule has 0 aliphatic carbocycles. The standard InChI is InChI=1S/C8H12N4O2/c1-11-7(2-3-10-11)12-5-6(4-9)14-8(12)13/h2-3,6H,4-5,9H2,1H3/t6-/m0/s1. The topological polar surface area (TPSA) is 73.4 Å². The van der Waals surface area contributed by atoms with Gasteiger partial charge in [-0.05, 0) is 0 Å². The lowest BCUT2D eigenvalue weighted by atomic mass is 10.3. The minimum absolute atomic E-state index is 0.211. The Morgan fingerprint density at radius 2 is 2.57 bits per heavy atom. The third-order valence-electron chi connectivity index (χ3n) is 2.21. The molecule has 2 heterocycles. The van der Waals surface area contributed by atoms with Gasteiger partial charge in [-0.25, -0.2) is 4.79 Å². The average Bonchev–Trinajstić information content (AvgIpc) is 2.72. The molecule has 14 heavy (non-hydrogen) atoms. The second kappa shape index (κ2) is 3.30. The van der Waals surface area contributed by atoms with E-state index in [1.807, 2.05) is 0 Å². The van der Waals surface area contributed by atoms with E-state index in [1.54, 1.807) is 24.0 Å². The van der Waals surface area contributed by atoms with Crippen LogP contribution in [0, 0.1) is 0 Å². The molecule has 6 heteroatoms. The number of ether oxygens (including phenoxy) is 1. The zero-order valence-corrected chi connectivity index (χ0v) is 7.88. The van der Waals surface area contributed by atoms with Crippen LogP contribution in [0.5, 0.6) is 0 Å². The number of anilines is 1. The van der Waals surface area contributed by atoms with Crippen LogP contribution in [0.25, 0.3) is 0 Å². The van der Waals surface area contributed by atoms with Gasteiger partial charge in [0.25, 0.3) is 0 Å². The molecule has 1 aliphatic rings. The Hall–Kier alpha value is -1.56. The molecule has 0 spiro atoms.